The van der Waals surface area contributed by atoms with Gasteiger partial charge in [-0.05, 0) is 24.6 Å². The molecule has 1 aromatic rings. The molecule has 0 saturated heterocycles. The minimum atomic E-state index is -0.802. The summed E-state index contributed by atoms with van der Waals surface area (Å²) in [5.74, 6) is -0.565. The lowest BCUT2D eigenvalue weighted by atomic mass is 10.2. The molecule has 0 saturated carbocycles. The van der Waals surface area contributed by atoms with Crippen molar-refractivity contribution in [2.75, 3.05) is 0 Å². The lowest BCUT2D eigenvalue weighted by molar-refractivity contribution is -0.385. The van der Waals surface area contributed by atoms with Gasteiger partial charge in [0.2, 0.25) is 0 Å². The molecule has 19 heavy (non-hydrogen) atoms. The van der Waals surface area contributed by atoms with Crippen LogP contribution in [0, 0.1) is 15.9 Å². The summed E-state index contributed by atoms with van der Waals surface area (Å²) in [5.41, 5.74) is 0.476. The van der Waals surface area contributed by atoms with Gasteiger partial charge in [0.15, 0.2) is 11.6 Å². The minimum Gasteiger partial charge on any atom is -0.454 e. The van der Waals surface area contributed by atoms with Crippen molar-refractivity contribution < 1.29 is 14.1 Å². The molecule has 0 spiro atoms. The molecule has 0 bridgehead atoms. The number of allylic oxidation sites excluding steroid dienone is 3. The van der Waals surface area contributed by atoms with Gasteiger partial charge in [0.1, 0.15) is 5.76 Å². The smallest absolute Gasteiger partial charge is 0.272 e. The standard InChI is InChI=1S/C14H14FNO3/c1-4-10(3)8-12(5-2)19-14-7-6-11(16(17)18)9-13(14)15/h5-9H,2-4H2,1H3/b12-8+. The third-order valence-corrected chi connectivity index (χ3v) is 2.36. The molecule has 0 unspecified atom stereocenters. The average molecular weight is 263 g/mol. The lowest BCUT2D eigenvalue weighted by Gasteiger charge is -2.07. The van der Waals surface area contributed by atoms with E-state index in [-0.39, 0.29) is 11.4 Å². The van der Waals surface area contributed by atoms with E-state index in [0.29, 0.717) is 5.76 Å². The van der Waals surface area contributed by atoms with E-state index in [4.69, 9.17) is 4.74 Å². The topological polar surface area (TPSA) is 52.4 Å². The van der Waals surface area contributed by atoms with Gasteiger partial charge in [-0.1, -0.05) is 25.7 Å². The van der Waals surface area contributed by atoms with Crippen molar-refractivity contribution in [3.8, 4) is 5.75 Å². The molecule has 1 aromatic carbocycles. The van der Waals surface area contributed by atoms with E-state index < -0.39 is 10.7 Å². The number of ether oxygens (including phenoxy) is 1. The van der Waals surface area contributed by atoms with Gasteiger partial charge in [0, 0.05) is 6.07 Å². The highest BCUT2D eigenvalue weighted by Crippen LogP contribution is 2.24. The molecule has 0 fully saturated rings. The summed E-state index contributed by atoms with van der Waals surface area (Å²) in [5, 5.41) is 10.5. The maximum atomic E-state index is 13.6. The highest BCUT2D eigenvalue weighted by molar-refractivity contribution is 5.39. The zero-order valence-electron chi connectivity index (χ0n) is 10.6. The van der Waals surface area contributed by atoms with Crippen molar-refractivity contribution in [3.63, 3.8) is 0 Å². The molecule has 0 heterocycles. The Kier molecular flexibility index (Phi) is 5.00. The van der Waals surface area contributed by atoms with Crippen LogP contribution < -0.4 is 4.74 Å². The fourth-order valence-electron chi connectivity index (χ4n) is 1.25. The third-order valence-electron chi connectivity index (χ3n) is 2.36. The number of nitrogens with zero attached hydrogens (tertiary/aromatic N) is 1. The van der Waals surface area contributed by atoms with Crippen LogP contribution in [0.25, 0.3) is 0 Å². The fraction of sp³-hybridized carbons (Fsp3) is 0.143. The van der Waals surface area contributed by atoms with Gasteiger partial charge >= 0.3 is 0 Å². The molecule has 0 aliphatic rings. The van der Waals surface area contributed by atoms with Crippen LogP contribution >= 0.6 is 0 Å². The van der Waals surface area contributed by atoms with Crippen molar-refractivity contribution in [2.45, 2.75) is 13.3 Å². The molecular weight excluding hydrogens is 249 g/mol. The molecule has 0 aliphatic carbocycles. The fourth-order valence-corrected chi connectivity index (χ4v) is 1.25. The van der Waals surface area contributed by atoms with E-state index in [1.165, 1.54) is 18.2 Å². The second-order valence-corrected chi connectivity index (χ2v) is 3.74. The highest BCUT2D eigenvalue weighted by Gasteiger charge is 2.12. The summed E-state index contributed by atoms with van der Waals surface area (Å²) in [6.07, 6.45) is 3.78. The van der Waals surface area contributed by atoms with Gasteiger partial charge < -0.3 is 4.74 Å². The first-order chi connectivity index (χ1) is 8.97. The summed E-state index contributed by atoms with van der Waals surface area (Å²) < 4.78 is 18.9. The zero-order valence-corrected chi connectivity index (χ0v) is 10.6. The first-order valence-electron chi connectivity index (χ1n) is 5.61. The Morgan fingerprint density at radius 2 is 2.26 bits per heavy atom. The number of nitro benzene ring substituents is 1. The minimum absolute atomic E-state index is 0.0966. The number of benzene rings is 1. The number of nitro groups is 1. The normalized spacial score (nSPS) is 10.9. The number of non-ortho nitro benzene ring substituents is 1. The van der Waals surface area contributed by atoms with Crippen molar-refractivity contribution in [2.24, 2.45) is 0 Å². The SMILES string of the molecule is C=C/C(=C\C(=C)CC)Oc1ccc([N+](=O)[O-])cc1F. The first-order valence-corrected chi connectivity index (χ1v) is 5.61. The Bertz CT molecular complexity index is 550. The van der Waals surface area contributed by atoms with E-state index >= 15 is 0 Å². The molecular formula is C14H14FNO3. The Hall–Kier alpha value is -2.43. The predicted octanol–water partition coefficient (Wildman–Crippen LogP) is 4.15. The highest BCUT2D eigenvalue weighted by atomic mass is 19.1. The van der Waals surface area contributed by atoms with Crippen LogP contribution in [0.1, 0.15) is 13.3 Å². The summed E-state index contributed by atoms with van der Waals surface area (Å²) in [7, 11) is 0. The van der Waals surface area contributed by atoms with Crippen LogP contribution in [-0.4, -0.2) is 4.92 Å². The number of rotatable bonds is 6. The molecule has 1 rings (SSSR count). The average Bonchev–Trinajstić information content (AvgIpc) is 2.39. The largest absolute Gasteiger partial charge is 0.454 e. The van der Waals surface area contributed by atoms with Crippen LogP contribution in [0.3, 0.4) is 0 Å². The number of hydrogen-bond acceptors (Lipinski definition) is 3. The first kappa shape index (κ1) is 14.6. The quantitative estimate of drug-likeness (QED) is 0.335. The summed E-state index contributed by atoms with van der Waals surface area (Å²) in [6.45, 7) is 9.25. The lowest BCUT2D eigenvalue weighted by Crippen LogP contribution is -1.97. The van der Waals surface area contributed by atoms with Gasteiger partial charge in [-0.2, -0.15) is 0 Å². The Morgan fingerprint density at radius 3 is 2.74 bits per heavy atom. The number of hydrogen-bond donors (Lipinski definition) is 0. The second kappa shape index (κ2) is 6.49. The molecule has 0 radical (unpaired) electrons. The molecule has 0 N–H and O–H groups in total. The molecule has 0 atom stereocenters. The molecule has 4 nitrogen and oxygen atoms in total. The van der Waals surface area contributed by atoms with Gasteiger partial charge in [0.05, 0.1) is 11.0 Å². The predicted molar refractivity (Wildman–Crippen MR) is 71.4 cm³/mol. The molecule has 0 aliphatic heterocycles. The van der Waals surface area contributed by atoms with Crippen molar-refractivity contribution in [1.82, 2.24) is 0 Å². The summed E-state index contributed by atoms with van der Waals surface area (Å²) in [6, 6.07) is 3.19. The molecule has 0 amide bonds. The van der Waals surface area contributed by atoms with Crippen molar-refractivity contribution in [3.05, 3.63) is 70.8 Å². The maximum absolute atomic E-state index is 13.6. The Labute approximate surface area is 110 Å². The van der Waals surface area contributed by atoms with Crippen LogP contribution in [0.4, 0.5) is 10.1 Å². The Morgan fingerprint density at radius 1 is 1.58 bits per heavy atom. The van der Waals surface area contributed by atoms with Gasteiger partial charge in [-0.25, -0.2) is 4.39 Å². The van der Waals surface area contributed by atoms with Crippen LogP contribution in [0.15, 0.2) is 54.8 Å². The third kappa shape index (κ3) is 4.06. The van der Waals surface area contributed by atoms with E-state index in [9.17, 15) is 14.5 Å². The van der Waals surface area contributed by atoms with Gasteiger partial charge in [-0.3, -0.25) is 10.1 Å². The molecule has 5 heteroatoms. The van der Waals surface area contributed by atoms with E-state index in [1.54, 1.807) is 6.08 Å². The monoisotopic (exact) mass is 263 g/mol. The van der Waals surface area contributed by atoms with Crippen molar-refractivity contribution >= 4 is 5.69 Å². The van der Waals surface area contributed by atoms with Crippen LogP contribution in [0.5, 0.6) is 5.75 Å². The van der Waals surface area contributed by atoms with Crippen LogP contribution in [0.2, 0.25) is 0 Å². The van der Waals surface area contributed by atoms with E-state index in [2.05, 4.69) is 13.2 Å². The molecule has 0 aromatic heterocycles. The number of halogens is 1. The Balaban J connectivity index is 2.98. The van der Waals surface area contributed by atoms with Gasteiger partial charge in [0.25, 0.3) is 5.69 Å². The summed E-state index contributed by atoms with van der Waals surface area (Å²) in [4.78, 5) is 9.82. The van der Waals surface area contributed by atoms with Crippen LogP contribution in [-0.2, 0) is 0 Å². The van der Waals surface area contributed by atoms with Gasteiger partial charge in [-0.15, -0.1) is 0 Å². The van der Waals surface area contributed by atoms with E-state index in [1.807, 2.05) is 6.92 Å². The summed E-state index contributed by atoms with van der Waals surface area (Å²) >= 11 is 0. The van der Waals surface area contributed by atoms with E-state index in [0.717, 1.165) is 18.1 Å². The zero-order chi connectivity index (χ0) is 14.4. The maximum Gasteiger partial charge on any atom is 0.272 e. The van der Waals surface area contributed by atoms with Crippen molar-refractivity contribution in [1.29, 1.82) is 0 Å². The second-order valence-electron chi connectivity index (χ2n) is 3.74. The molecule has 100 valence electrons.